The first-order valence-electron chi connectivity index (χ1n) is 4.56. The molecule has 1 rings (SSSR count). The van der Waals surface area contributed by atoms with E-state index >= 15 is 0 Å². The lowest BCUT2D eigenvalue weighted by atomic mass is 10.1. The molecule has 0 amide bonds. The third kappa shape index (κ3) is 3.81. The first kappa shape index (κ1) is 11.7. The van der Waals surface area contributed by atoms with Crippen molar-refractivity contribution in [3.63, 3.8) is 0 Å². The number of rotatable bonds is 3. The highest BCUT2D eigenvalue weighted by Gasteiger charge is 2.32. The maximum Gasteiger partial charge on any atom is 0.367 e. The van der Waals surface area contributed by atoms with E-state index in [1.54, 1.807) is 0 Å². The zero-order chi connectivity index (χ0) is 10.6. The van der Waals surface area contributed by atoms with Crippen LogP contribution in [0.3, 0.4) is 0 Å². The first-order valence-corrected chi connectivity index (χ1v) is 5.64. The van der Waals surface area contributed by atoms with Crippen molar-refractivity contribution < 1.29 is 19.1 Å². The second-order valence-electron chi connectivity index (χ2n) is 3.66. The average Bonchev–Trinajstić information content (AvgIpc) is 2.48. The number of carbonyl (C=O) groups excluding carboxylic acids is 2. The molecule has 0 N–H and O–H groups in total. The fourth-order valence-electron chi connectivity index (χ4n) is 1.64. The van der Waals surface area contributed by atoms with Crippen molar-refractivity contribution in [1.29, 1.82) is 0 Å². The third-order valence-electron chi connectivity index (χ3n) is 2.32. The number of carbonyl (C=O) groups is 2. The molecule has 1 aliphatic rings. The smallest absolute Gasteiger partial charge is 0.367 e. The molecule has 80 valence electrons. The Labute approximate surface area is 96.5 Å². The van der Waals surface area contributed by atoms with Crippen molar-refractivity contribution in [3.8, 4) is 0 Å². The van der Waals surface area contributed by atoms with Crippen LogP contribution in [0.2, 0.25) is 0 Å². The van der Waals surface area contributed by atoms with Gasteiger partial charge in [-0.05, 0) is 32.6 Å². The second-order valence-corrected chi connectivity index (χ2v) is 4.54. The summed E-state index contributed by atoms with van der Waals surface area (Å²) in [7, 11) is 0. The molecule has 5 heteroatoms. The highest BCUT2D eigenvalue weighted by molar-refractivity contribution is 14.1. The zero-order valence-corrected chi connectivity index (χ0v) is 10.2. The molecule has 0 radical (unpaired) electrons. The van der Waals surface area contributed by atoms with Gasteiger partial charge in [0.1, 0.15) is 5.60 Å². The van der Waals surface area contributed by atoms with Gasteiger partial charge in [0.05, 0.1) is 22.6 Å². The van der Waals surface area contributed by atoms with Crippen molar-refractivity contribution in [2.24, 2.45) is 0 Å². The predicted octanol–water partition coefficient (Wildman–Crippen LogP) is 2.43. The third-order valence-corrected chi connectivity index (χ3v) is 2.64. The van der Waals surface area contributed by atoms with Crippen molar-refractivity contribution in [2.75, 3.05) is 6.61 Å². The molecule has 0 aromatic rings. The summed E-state index contributed by atoms with van der Waals surface area (Å²) >= 11 is 1.48. The van der Waals surface area contributed by atoms with E-state index in [0.717, 1.165) is 25.7 Å². The molecule has 0 aliphatic heterocycles. The Kier molecular flexibility index (Phi) is 4.15. The molecule has 0 aromatic carbocycles. The molecule has 0 saturated heterocycles. The van der Waals surface area contributed by atoms with Gasteiger partial charge in [0, 0.05) is 0 Å². The Bertz CT molecular complexity index is 233. The van der Waals surface area contributed by atoms with E-state index in [2.05, 4.69) is 4.74 Å². The van der Waals surface area contributed by atoms with Crippen molar-refractivity contribution in [1.82, 2.24) is 0 Å². The van der Waals surface area contributed by atoms with Crippen LogP contribution in [0.25, 0.3) is 0 Å². The standard InChI is InChI=1S/C9H13IO4/c1-9(4-2-3-5-9)14-7(11)6-13-8(10)12/h2-6H2,1H3. The van der Waals surface area contributed by atoms with Crippen molar-refractivity contribution >= 4 is 32.5 Å². The molecule has 0 aromatic heterocycles. The van der Waals surface area contributed by atoms with Crippen molar-refractivity contribution in [3.05, 3.63) is 0 Å². The molecule has 0 unspecified atom stereocenters. The van der Waals surface area contributed by atoms with Crippen LogP contribution >= 0.6 is 22.6 Å². The maximum atomic E-state index is 11.2. The summed E-state index contributed by atoms with van der Waals surface area (Å²) < 4.78 is 9.27. The predicted molar refractivity (Wildman–Crippen MR) is 58.3 cm³/mol. The Balaban J connectivity index is 2.29. The number of hydrogen-bond donors (Lipinski definition) is 0. The fraction of sp³-hybridized carbons (Fsp3) is 0.778. The van der Waals surface area contributed by atoms with Crippen LogP contribution in [0.1, 0.15) is 32.6 Å². The van der Waals surface area contributed by atoms with Gasteiger partial charge >= 0.3 is 9.95 Å². The first-order chi connectivity index (χ1) is 6.52. The van der Waals surface area contributed by atoms with Gasteiger partial charge in [0.15, 0.2) is 6.61 Å². The van der Waals surface area contributed by atoms with E-state index in [1.165, 1.54) is 22.6 Å². The molecule has 4 nitrogen and oxygen atoms in total. The van der Waals surface area contributed by atoms with Gasteiger partial charge in [-0.2, -0.15) is 0 Å². The molecule has 1 fully saturated rings. The van der Waals surface area contributed by atoms with Gasteiger partial charge in [0.2, 0.25) is 0 Å². The number of ether oxygens (including phenoxy) is 2. The Morgan fingerprint density at radius 2 is 1.93 bits per heavy atom. The van der Waals surface area contributed by atoms with Crippen LogP contribution in [0.15, 0.2) is 0 Å². The normalized spacial score (nSPS) is 19.0. The van der Waals surface area contributed by atoms with Gasteiger partial charge < -0.3 is 9.47 Å². The van der Waals surface area contributed by atoms with E-state index in [-0.39, 0.29) is 12.2 Å². The number of esters is 1. The topological polar surface area (TPSA) is 52.6 Å². The summed E-state index contributed by atoms with van der Waals surface area (Å²) in [5.41, 5.74) is -0.339. The monoisotopic (exact) mass is 312 g/mol. The molecule has 1 aliphatic carbocycles. The maximum absolute atomic E-state index is 11.2. The van der Waals surface area contributed by atoms with E-state index in [4.69, 9.17) is 4.74 Å². The fourth-order valence-corrected chi connectivity index (χ4v) is 1.80. The Morgan fingerprint density at radius 1 is 1.36 bits per heavy atom. The van der Waals surface area contributed by atoms with Gasteiger partial charge in [0.25, 0.3) is 0 Å². The van der Waals surface area contributed by atoms with E-state index in [9.17, 15) is 9.59 Å². The van der Waals surface area contributed by atoms with Crippen LogP contribution < -0.4 is 0 Å². The summed E-state index contributed by atoms with van der Waals surface area (Å²) in [6.45, 7) is 1.64. The minimum Gasteiger partial charge on any atom is -0.457 e. The van der Waals surface area contributed by atoms with E-state index < -0.39 is 9.95 Å². The largest absolute Gasteiger partial charge is 0.457 e. The molecule has 0 spiro atoms. The molecule has 0 atom stereocenters. The quantitative estimate of drug-likeness (QED) is 0.456. The second kappa shape index (κ2) is 4.95. The lowest BCUT2D eigenvalue weighted by Crippen LogP contribution is -2.30. The zero-order valence-electron chi connectivity index (χ0n) is 8.05. The van der Waals surface area contributed by atoms with Crippen LogP contribution in [0, 0.1) is 0 Å². The summed E-state index contributed by atoms with van der Waals surface area (Å²) in [5.74, 6) is -0.459. The summed E-state index contributed by atoms with van der Waals surface area (Å²) in [5, 5.41) is 0. The van der Waals surface area contributed by atoms with Gasteiger partial charge in [-0.1, -0.05) is 0 Å². The van der Waals surface area contributed by atoms with Crippen LogP contribution in [-0.2, 0) is 14.3 Å². The van der Waals surface area contributed by atoms with Crippen molar-refractivity contribution in [2.45, 2.75) is 38.2 Å². The van der Waals surface area contributed by atoms with Gasteiger partial charge in [-0.15, -0.1) is 0 Å². The van der Waals surface area contributed by atoms with Crippen LogP contribution in [0.5, 0.6) is 0 Å². The molecule has 14 heavy (non-hydrogen) atoms. The lowest BCUT2D eigenvalue weighted by molar-refractivity contribution is -0.160. The summed E-state index contributed by atoms with van der Waals surface area (Å²) in [4.78, 5) is 21.6. The number of halogens is 1. The highest BCUT2D eigenvalue weighted by atomic mass is 127. The van der Waals surface area contributed by atoms with Gasteiger partial charge in [-0.3, -0.25) is 0 Å². The molecule has 0 bridgehead atoms. The highest BCUT2D eigenvalue weighted by Crippen LogP contribution is 2.32. The SMILES string of the molecule is CC1(OC(=O)COC(=O)I)CCCC1. The Morgan fingerprint density at radius 3 is 2.43 bits per heavy atom. The molecular formula is C9H13IO4. The Hall–Kier alpha value is -0.330. The summed E-state index contributed by atoms with van der Waals surface area (Å²) in [6.07, 6.45) is 3.99. The molecule has 1 saturated carbocycles. The molecule has 0 heterocycles. The van der Waals surface area contributed by atoms with E-state index in [0.29, 0.717) is 0 Å². The van der Waals surface area contributed by atoms with Crippen LogP contribution in [-0.4, -0.2) is 22.2 Å². The lowest BCUT2D eigenvalue weighted by Gasteiger charge is -2.23. The minimum absolute atomic E-state index is 0.280. The molecular weight excluding hydrogens is 299 g/mol. The van der Waals surface area contributed by atoms with Gasteiger partial charge in [-0.25, -0.2) is 9.59 Å². The average molecular weight is 312 g/mol. The summed E-state index contributed by atoms with van der Waals surface area (Å²) in [6, 6.07) is 0. The number of hydrogen-bond acceptors (Lipinski definition) is 4. The van der Waals surface area contributed by atoms with E-state index in [1.807, 2.05) is 6.92 Å². The minimum atomic E-state index is -0.490. The van der Waals surface area contributed by atoms with Crippen LogP contribution in [0.4, 0.5) is 4.79 Å².